The number of aliphatic carboxylic acids is 1. The molecule has 0 spiro atoms. The van der Waals surface area contributed by atoms with E-state index in [1.54, 1.807) is 6.20 Å². The first-order valence-electron chi connectivity index (χ1n) is 3.16. The second-order valence-electron chi connectivity index (χ2n) is 2.23. The van der Waals surface area contributed by atoms with Gasteiger partial charge in [-0.25, -0.2) is 4.98 Å². The molecular weight excluding hydrogens is 170 g/mol. The Kier molecular flexibility index (Phi) is 4.87. The number of carbonyl (C=O) groups is 1. The van der Waals surface area contributed by atoms with E-state index in [4.69, 9.17) is 10.8 Å². The predicted molar refractivity (Wildman–Crippen MR) is 45.9 cm³/mol. The Balaban J connectivity index is -0.000000403. The summed E-state index contributed by atoms with van der Waals surface area (Å²) in [7, 11) is 0. The molecule has 1 unspecified atom stereocenters. The summed E-state index contributed by atoms with van der Waals surface area (Å²) >= 11 is 0. The zero-order valence-corrected chi connectivity index (χ0v) is 7.94. The van der Waals surface area contributed by atoms with Crippen molar-refractivity contribution in [1.82, 2.24) is 9.97 Å². The molecule has 64 valence electrons. The fraction of sp³-hybridized carbons (Fsp3) is 0.333. The molecule has 5 nitrogen and oxygen atoms in total. The van der Waals surface area contributed by atoms with E-state index >= 15 is 0 Å². The average Bonchev–Trinajstić information content (AvgIpc) is 2.39. The van der Waals surface area contributed by atoms with E-state index in [1.165, 1.54) is 6.33 Å². The molecule has 0 bridgehead atoms. The van der Waals surface area contributed by atoms with Crippen LogP contribution in [0.5, 0.6) is 0 Å². The quantitative estimate of drug-likeness (QED) is 0.533. The Labute approximate surface area is 88.5 Å². The van der Waals surface area contributed by atoms with Gasteiger partial charge in [0.1, 0.15) is 6.04 Å². The van der Waals surface area contributed by atoms with Gasteiger partial charge in [0, 0.05) is 18.3 Å². The molecule has 12 heavy (non-hydrogen) atoms. The van der Waals surface area contributed by atoms with Crippen LogP contribution in [-0.2, 0) is 11.2 Å². The van der Waals surface area contributed by atoms with Gasteiger partial charge < -0.3 is 18.7 Å². The molecule has 4 N–H and O–H groups in total. The minimum atomic E-state index is -1.00. The smallest absolute Gasteiger partial charge is 1.00 e. The van der Waals surface area contributed by atoms with Crippen molar-refractivity contribution in [3.8, 4) is 0 Å². The Morgan fingerprint density at radius 3 is 3.00 bits per heavy atom. The minimum absolute atomic E-state index is 0. The van der Waals surface area contributed by atoms with Gasteiger partial charge in [-0.05, 0) is 0 Å². The molecule has 0 saturated carbocycles. The Morgan fingerprint density at radius 1 is 1.92 bits per heavy atom. The van der Waals surface area contributed by atoms with Crippen molar-refractivity contribution in [2.75, 3.05) is 0 Å². The second kappa shape index (κ2) is 5.12. The van der Waals surface area contributed by atoms with E-state index in [0.717, 1.165) is 5.69 Å². The summed E-state index contributed by atoms with van der Waals surface area (Å²) in [5, 5.41) is 8.42. The number of hydrogen-bond donors (Lipinski definition) is 3. The van der Waals surface area contributed by atoms with Gasteiger partial charge in [-0.2, -0.15) is 0 Å². The number of imidazole rings is 1. The van der Waals surface area contributed by atoms with Crippen LogP contribution in [-0.4, -0.2) is 50.1 Å². The van der Waals surface area contributed by atoms with Gasteiger partial charge in [0.25, 0.3) is 0 Å². The standard InChI is InChI=1S/C6H9N3O2.Mg.2H/c7-5(6(10)11)1-4-2-8-3-9-4;;;/h2-3,5H,1,7H2,(H,8,9)(H,10,11);;;/q;+2;2*-1. The molecular formula is C6H11MgN3O2. The molecule has 0 amide bonds. The third kappa shape index (κ3) is 3.20. The summed E-state index contributed by atoms with van der Waals surface area (Å²) in [5.41, 5.74) is 6.00. The van der Waals surface area contributed by atoms with Gasteiger partial charge in [0.2, 0.25) is 0 Å². The third-order valence-electron chi connectivity index (χ3n) is 1.31. The van der Waals surface area contributed by atoms with Crippen LogP contribution in [0.3, 0.4) is 0 Å². The number of nitrogens with one attached hydrogen (secondary N) is 1. The molecule has 1 aromatic rings. The van der Waals surface area contributed by atoms with Crippen LogP contribution in [0.1, 0.15) is 8.55 Å². The first kappa shape index (κ1) is 11.4. The van der Waals surface area contributed by atoms with Crippen molar-refractivity contribution in [3.63, 3.8) is 0 Å². The SMILES string of the molecule is NC(Cc1cnc[nH]1)C(=O)O.[H-].[H-].[Mg+2]. The number of hydrogen-bond acceptors (Lipinski definition) is 3. The van der Waals surface area contributed by atoms with E-state index < -0.39 is 12.0 Å². The van der Waals surface area contributed by atoms with E-state index in [1.807, 2.05) is 0 Å². The summed E-state index contributed by atoms with van der Waals surface area (Å²) < 4.78 is 0. The molecule has 0 aliphatic rings. The van der Waals surface area contributed by atoms with Crippen LogP contribution in [0.15, 0.2) is 12.5 Å². The van der Waals surface area contributed by atoms with Crippen LogP contribution in [0, 0.1) is 0 Å². The van der Waals surface area contributed by atoms with E-state index in [9.17, 15) is 4.79 Å². The van der Waals surface area contributed by atoms with Crippen molar-refractivity contribution in [1.29, 1.82) is 0 Å². The molecule has 1 rings (SSSR count). The summed E-state index contributed by atoms with van der Waals surface area (Å²) in [6, 6.07) is -0.851. The Morgan fingerprint density at radius 2 is 2.58 bits per heavy atom. The maximum absolute atomic E-state index is 10.3. The molecule has 1 atom stereocenters. The maximum atomic E-state index is 10.3. The van der Waals surface area contributed by atoms with Crippen molar-refractivity contribution in [3.05, 3.63) is 18.2 Å². The number of aromatic nitrogens is 2. The number of nitrogens with zero attached hydrogens (tertiary/aromatic N) is 1. The predicted octanol–water partition coefficient (Wildman–Crippen LogP) is -0.792. The fourth-order valence-corrected chi connectivity index (χ4v) is 0.721. The van der Waals surface area contributed by atoms with E-state index in [0.29, 0.717) is 0 Å². The van der Waals surface area contributed by atoms with Gasteiger partial charge in [-0.3, -0.25) is 4.79 Å². The minimum Gasteiger partial charge on any atom is -1.00 e. The Bertz CT molecular complexity index is 245. The van der Waals surface area contributed by atoms with Gasteiger partial charge in [0.05, 0.1) is 6.33 Å². The topological polar surface area (TPSA) is 92.0 Å². The van der Waals surface area contributed by atoms with Gasteiger partial charge in [-0.1, -0.05) is 0 Å². The zero-order chi connectivity index (χ0) is 8.27. The molecule has 0 aliphatic heterocycles. The first-order chi connectivity index (χ1) is 5.20. The van der Waals surface area contributed by atoms with Crippen LogP contribution in [0.4, 0.5) is 0 Å². The molecule has 0 fully saturated rings. The monoisotopic (exact) mass is 181 g/mol. The maximum Gasteiger partial charge on any atom is 2.00 e. The normalized spacial score (nSPS) is 11.8. The average molecular weight is 181 g/mol. The first-order valence-corrected chi connectivity index (χ1v) is 3.16. The molecule has 0 aliphatic carbocycles. The van der Waals surface area contributed by atoms with Crippen LogP contribution in [0.2, 0.25) is 0 Å². The van der Waals surface area contributed by atoms with Gasteiger partial charge in [0.15, 0.2) is 0 Å². The molecule has 0 saturated heterocycles. The summed E-state index contributed by atoms with van der Waals surface area (Å²) in [5.74, 6) is -1.00. The van der Waals surface area contributed by atoms with Gasteiger partial charge in [-0.15, -0.1) is 0 Å². The fourth-order valence-electron chi connectivity index (χ4n) is 0.721. The van der Waals surface area contributed by atoms with E-state index in [2.05, 4.69) is 9.97 Å². The number of carboxylic acid groups (broad SMARTS) is 1. The number of aromatic amines is 1. The molecule has 0 radical (unpaired) electrons. The van der Waals surface area contributed by atoms with Crippen molar-refractivity contribution in [2.24, 2.45) is 5.73 Å². The van der Waals surface area contributed by atoms with Crippen LogP contribution < -0.4 is 5.73 Å². The summed E-state index contributed by atoms with van der Waals surface area (Å²) in [6.45, 7) is 0. The number of carboxylic acids is 1. The molecule has 1 aromatic heterocycles. The van der Waals surface area contributed by atoms with Crippen molar-refractivity contribution < 1.29 is 12.8 Å². The van der Waals surface area contributed by atoms with Crippen LogP contribution >= 0.6 is 0 Å². The second-order valence-corrected chi connectivity index (χ2v) is 2.23. The summed E-state index contributed by atoms with van der Waals surface area (Å²) in [6.07, 6.45) is 3.34. The third-order valence-corrected chi connectivity index (χ3v) is 1.31. The van der Waals surface area contributed by atoms with Crippen molar-refractivity contribution >= 4 is 29.0 Å². The van der Waals surface area contributed by atoms with Crippen molar-refractivity contribution in [2.45, 2.75) is 12.5 Å². The molecule has 6 heteroatoms. The van der Waals surface area contributed by atoms with Crippen LogP contribution in [0.25, 0.3) is 0 Å². The zero-order valence-electron chi connectivity index (χ0n) is 8.53. The molecule has 0 aromatic carbocycles. The number of rotatable bonds is 3. The number of nitrogens with two attached hydrogens (primary N) is 1. The molecule has 1 heterocycles. The van der Waals surface area contributed by atoms with Gasteiger partial charge >= 0.3 is 29.0 Å². The number of H-pyrrole nitrogens is 1. The Hall–Kier alpha value is -0.594. The largest absolute Gasteiger partial charge is 2.00 e. The summed E-state index contributed by atoms with van der Waals surface area (Å²) in [4.78, 5) is 16.8. The van der Waals surface area contributed by atoms with E-state index in [-0.39, 0.29) is 32.3 Å².